The van der Waals surface area contributed by atoms with Crippen LogP contribution in [0.15, 0.2) is 12.1 Å². The third-order valence-electron chi connectivity index (χ3n) is 2.33. The van der Waals surface area contributed by atoms with Crippen LogP contribution in [0, 0.1) is 27.7 Å². The third kappa shape index (κ3) is 2.42. The van der Waals surface area contributed by atoms with E-state index < -0.39 is 0 Å². The van der Waals surface area contributed by atoms with E-state index in [1.807, 2.05) is 0 Å². The first kappa shape index (κ1) is 11.3. The van der Waals surface area contributed by atoms with Crippen LogP contribution in [0.4, 0.5) is 0 Å². The summed E-state index contributed by atoms with van der Waals surface area (Å²) in [7, 11) is 1.72. The maximum atomic E-state index is 8.06. The lowest BCUT2D eigenvalue weighted by Gasteiger charge is -2.06. The monoisotopic (exact) mass is 182 g/mol. The molecule has 0 fully saturated rings. The highest BCUT2D eigenvalue weighted by molar-refractivity contribution is 7.00. The summed E-state index contributed by atoms with van der Waals surface area (Å²) < 4.78 is 8.06. The van der Waals surface area contributed by atoms with Crippen LogP contribution in [0.3, 0.4) is 0 Å². The zero-order valence-electron chi connectivity index (χ0n) is 8.06. The molecule has 0 spiro atoms. The zero-order chi connectivity index (χ0) is 9.72. The molecule has 0 atom stereocenters. The third-order valence-corrected chi connectivity index (χ3v) is 2.33. The van der Waals surface area contributed by atoms with Crippen LogP contribution in [-0.4, -0.2) is 0 Å². The largest absolute Gasteiger partial charge is 0.279 e. The molecule has 0 aliphatic rings. The first-order chi connectivity index (χ1) is 5.63. The summed E-state index contributed by atoms with van der Waals surface area (Å²) in [6.45, 7) is 8.67. The van der Waals surface area contributed by atoms with Crippen LogP contribution in [0.5, 0.6) is 0 Å². The summed E-state index contributed by atoms with van der Waals surface area (Å²) in [5.41, 5.74) is 5.64. The van der Waals surface area contributed by atoms with Gasteiger partial charge in [-0.25, -0.2) is 0 Å². The van der Waals surface area contributed by atoms with E-state index in [0.29, 0.717) is 0 Å². The second-order valence-electron chi connectivity index (χ2n) is 2.95. The average Bonchev–Trinajstić information content (AvgIpc) is 2.12. The SMILES string of the molecule is Cc1ccc(C)c(C)c1C.O=P. The predicted octanol–water partition coefficient (Wildman–Crippen LogP) is 3.39. The molecule has 1 aromatic carbocycles. The smallest absolute Gasteiger partial charge is 0.138 e. The maximum Gasteiger partial charge on any atom is 0.138 e. The average molecular weight is 182 g/mol. The normalized spacial score (nSPS) is 8.67. The first-order valence-corrected chi connectivity index (χ1v) is 4.27. The van der Waals surface area contributed by atoms with Gasteiger partial charge in [-0.05, 0) is 49.9 Å². The van der Waals surface area contributed by atoms with Gasteiger partial charge in [0.05, 0.1) is 0 Å². The fourth-order valence-corrected chi connectivity index (χ4v) is 1.09. The summed E-state index contributed by atoms with van der Waals surface area (Å²) in [4.78, 5) is 0. The van der Waals surface area contributed by atoms with Gasteiger partial charge in [0.15, 0.2) is 0 Å². The Morgan fingerprint density at radius 3 is 1.33 bits per heavy atom. The fraction of sp³-hybridized carbons (Fsp3) is 0.400. The maximum absolute atomic E-state index is 8.06. The standard InChI is InChI=1S/C10H14.HOP/c1-7-5-6-8(2)10(4)9(7)3;1-2/h5-6H,1-4H3;2H. The van der Waals surface area contributed by atoms with E-state index in [0.717, 1.165) is 0 Å². The lowest BCUT2D eigenvalue weighted by molar-refractivity contribution is 0.607. The molecular weight excluding hydrogens is 167 g/mol. The lowest BCUT2D eigenvalue weighted by atomic mass is 10.0. The molecule has 12 heavy (non-hydrogen) atoms. The Hall–Kier alpha value is -0.680. The molecule has 0 saturated carbocycles. The van der Waals surface area contributed by atoms with E-state index in [4.69, 9.17) is 4.57 Å². The van der Waals surface area contributed by atoms with Crippen molar-refractivity contribution in [2.45, 2.75) is 27.7 Å². The van der Waals surface area contributed by atoms with Crippen molar-refractivity contribution < 1.29 is 4.57 Å². The molecule has 0 heterocycles. The molecule has 0 radical (unpaired) electrons. The number of rotatable bonds is 0. The van der Waals surface area contributed by atoms with Crippen molar-refractivity contribution in [2.24, 2.45) is 0 Å². The van der Waals surface area contributed by atoms with E-state index in [-0.39, 0.29) is 0 Å². The number of aryl methyl sites for hydroxylation is 2. The molecule has 0 saturated heterocycles. The first-order valence-electron chi connectivity index (χ1n) is 3.86. The molecule has 0 bridgehead atoms. The molecule has 1 nitrogen and oxygen atoms in total. The number of hydrogen-bond acceptors (Lipinski definition) is 1. The Labute approximate surface area is 76.4 Å². The van der Waals surface area contributed by atoms with Gasteiger partial charge in [0.1, 0.15) is 9.12 Å². The van der Waals surface area contributed by atoms with Gasteiger partial charge < -0.3 is 0 Å². The van der Waals surface area contributed by atoms with Crippen LogP contribution in [0.25, 0.3) is 0 Å². The van der Waals surface area contributed by atoms with Gasteiger partial charge in [-0.2, -0.15) is 0 Å². The fourth-order valence-electron chi connectivity index (χ4n) is 1.09. The highest BCUT2D eigenvalue weighted by atomic mass is 31.0. The molecule has 0 amide bonds. The molecule has 66 valence electrons. The van der Waals surface area contributed by atoms with Crippen molar-refractivity contribution in [2.75, 3.05) is 0 Å². The zero-order valence-corrected chi connectivity index (χ0v) is 9.06. The summed E-state index contributed by atoms with van der Waals surface area (Å²) in [5.74, 6) is 0. The van der Waals surface area contributed by atoms with Crippen LogP contribution in [-0.2, 0) is 4.57 Å². The topological polar surface area (TPSA) is 17.1 Å². The molecule has 0 N–H and O–H groups in total. The van der Waals surface area contributed by atoms with Gasteiger partial charge in [0.25, 0.3) is 0 Å². The Balaban J connectivity index is 0.000000561. The highest BCUT2D eigenvalue weighted by Gasteiger charge is 1.97. The van der Waals surface area contributed by atoms with Crippen molar-refractivity contribution >= 4 is 9.12 Å². The summed E-state index contributed by atoms with van der Waals surface area (Å²) >= 11 is 0. The predicted molar refractivity (Wildman–Crippen MR) is 54.4 cm³/mol. The van der Waals surface area contributed by atoms with Crippen LogP contribution in [0.1, 0.15) is 22.3 Å². The molecular formula is C10H15OP. The molecule has 0 aliphatic heterocycles. The van der Waals surface area contributed by atoms with Gasteiger partial charge in [0.2, 0.25) is 0 Å². The van der Waals surface area contributed by atoms with Crippen LogP contribution in [0.2, 0.25) is 0 Å². The minimum Gasteiger partial charge on any atom is -0.279 e. The van der Waals surface area contributed by atoms with E-state index in [9.17, 15) is 0 Å². The molecule has 1 aromatic rings. The lowest BCUT2D eigenvalue weighted by Crippen LogP contribution is -1.88. The quantitative estimate of drug-likeness (QED) is 0.562. The molecule has 0 aliphatic carbocycles. The van der Waals surface area contributed by atoms with Gasteiger partial charge >= 0.3 is 0 Å². The Bertz CT molecular complexity index is 242. The second-order valence-corrected chi connectivity index (χ2v) is 2.95. The number of benzene rings is 1. The Morgan fingerprint density at radius 2 is 1.08 bits per heavy atom. The Morgan fingerprint density at radius 1 is 0.833 bits per heavy atom. The van der Waals surface area contributed by atoms with Gasteiger partial charge in [-0.3, -0.25) is 4.57 Å². The van der Waals surface area contributed by atoms with E-state index in [1.54, 1.807) is 9.12 Å². The summed E-state index contributed by atoms with van der Waals surface area (Å²) in [5, 5.41) is 0. The van der Waals surface area contributed by atoms with Crippen LogP contribution < -0.4 is 0 Å². The van der Waals surface area contributed by atoms with E-state index in [1.165, 1.54) is 22.3 Å². The van der Waals surface area contributed by atoms with Crippen molar-refractivity contribution in [1.82, 2.24) is 0 Å². The molecule has 0 aromatic heterocycles. The van der Waals surface area contributed by atoms with Crippen molar-refractivity contribution in [3.8, 4) is 0 Å². The molecule has 0 unspecified atom stereocenters. The second kappa shape index (κ2) is 5.05. The van der Waals surface area contributed by atoms with Crippen molar-refractivity contribution in [1.29, 1.82) is 0 Å². The van der Waals surface area contributed by atoms with Gasteiger partial charge in [-0.15, -0.1) is 0 Å². The van der Waals surface area contributed by atoms with Crippen molar-refractivity contribution in [3.05, 3.63) is 34.4 Å². The van der Waals surface area contributed by atoms with Gasteiger partial charge in [0, 0.05) is 0 Å². The number of hydrogen-bond donors (Lipinski definition) is 0. The molecule has 1 rings (SSSR count). The summed E-state index contributed by atoms with van der Waals surface area (Å²) in [6.07, 6.45) is 0. The van der Waals surface area contributed by atoms with Crippen molar-refractivity contribution in [3.63, 3.8) is 0 Å². The molecule has 2 heteroatoms. The van der Waals surface area contributed by atoms with Crippen LogP contribution >= 0.6 is 9.12 Å². The highest BCUT2D eigenvalue weighted by Crippen LogP contribution is 2.15. The van der Waals surface area contributed by atoms with Gasteiger partial charge in [-0.1, -0.05) is 12.1 Å². The minimum absolute atomic E-state index is 1.39. The Kier molecular flexibility index (Phi) is 4.77. The minimum atomic E-state index is 1.39. The summed E-state index contributed by atoms with van der Waals surface area (Å²) in [6, 6.07) is 4.36. The van der Waals surface area contributed by atoms with E-state index in [2.05, 4.69) is 39.8 Å². The van der Waals surface area contributed by atoms with E-state index >= 15 is 0 Å².